The van der Waals surface area contributed by atoms with Gasteiger partial charge in [0.05, 0.1) is 23.1 Å². The smallest absolute Gasteiger partial charge is 0.338 e. The molecule has 4 aliphatic rings. The Hall–Kier alpha value is -4.56. The van der Waals surface area contributed by atoms with Gasteiger partial charge in [-0.05, 0) is 70.6 Å². The number of halogens is 1. The zero-order valence-electron chi connectivity index (χ0n) is 23.3. The molecule has 8 rings (SSSR count). The monoisotopic (exact) mass is 634 g/mol. The summed E-state index contributed by atoms with van der Waals surface area (Å²) in [5.74, 6) is -3.18. The molecule has 1 aliphatic heterocycles. The molecular formula is C35H27BrN2O5. The van der Waals surface area contributed by atoms with Crippen LogP contribution in [0.25, 0.3) is 0 Å². The van der Waals surface area contributed by atoms with E-state index in [0.29, 0.717) is 11.4 Å². The van der Waals surface area contributed by atoms with Gasteiger partial charge in [0.15, 0.2) is 6.61 Å². The number of imide groups is 1. The largest absolute Gasteiger partial charge is 0.452 e. The van der Waals surface area contributed by atoms with Gasteiger partial charge in [-0.3, -0.25) is 14.4 Å². The van der Waals surface area contributed by atoms with Crippen LogP contribution in [-0.2, 0) is 25.5 Å². The number of nitrogens with one attached hydrogen (secondary N) is 1. The van der Waals surface area contributed by atoms with E-state index in [1.807, 2.05) is 43.3 Å². The standard InChI is InChI=1S/C35H27BrN2O5/c1-2-19-16-21(36)14-15-27(19)37-28(39)18-43-35(42)20-8-7-9-22(17-20)38-33(40)31-29-23-10-3-4-11-24(23)30(32(31)34(38)41)26-13-6-5-12-25(26)29/h3-17,29-32H,2,18H2,1H3,(H,37,39)/t29?,30?,31-,32-/m0/s1. The Morgan fingerprint density at radius 2 is 1.37 bits per heavy atom. The molecular weight excluding hydrogens is 608 g/mol. The van der Waals surface area contributed by atoms with Crippen LogP contribution >= 0.6 is 15.9 Å². The third-order valence-electron chi connectivity index (χ3n) is 8.85. The molecule has 214 valence electrons. The van der Waals surface area contributed by atoms with E-state index < -0.39 is 30.3 Å². The first-order valence-corrected chi connectivity index (χ1v) is 15.1. The quantitative estimate of drug-likeness (QED) is 0.201. The molecule has 2 atom stereocenters. The number of benzene rings is 4. The SMILES string of the molecule is CCc1cc(Br)ccc1NC(=O)COC(=O)c1cccc(N2C(=O)[C@H]3C4c5ccccc5C(c5ccccc54)[C@@H]3C2=O)c1. The molecule has 4 aromatic carbocycles. The third kappa shape index (κ3) is 4.39. The van der Waals surface area contributed by atoms with Crippen LogP contribution in [0.3, 0.4) is 0 Å². The number of amides is 3. The summed E-state index contributed by atoms with van der Waals surface area (Å²) in [7, 11) is 0. The summed E-state index contributed by atoms with van der Waals surface area (Å²) in [6.07, 6.45) is 0.719. The minimum Gasteiger partial charge on any atom is -0.452 e. The fourth-order valence-corrected chi connectivity index (χ4v) is 7.49. The molecule has 8 heteroatoms. The highest BCUT2D eigenvalue weighted by Gasteiger charge is 2.61. The second-order valence-electron chi connectivity index (χ2n) is 11.1. The van der Waals surface area contributed by atoms with Gasteiger partial charge in [-0.1, -0.05) is 77.5 Å². The van der Waals surface area contributed by atoms with E-state index in [9.17, 15) is 19.2 Å². The van der Waals surface area contributed by atoms with Crippen molar-refractivity contribution in [2.24, 2.45) is 11.8 Å². The number of hydrogen-bond acceptors (Lipinski definition) is 5. The molecule has 7 nitrogen and oxygen atoms in total. The third-order valence-corrected chi connectivity index (χ3v) is 9.34. The predicted molar refractivity (Wildman–Crippen MR) is 165 cm³/mol. The van der Waals surface area contributed by atoms with E-state index in [1.165, 1.54) is 11.0 Å². The second kappa shape index (κ2) is 10.6. The Balaban J connectivity index is 1.12. The van der Waals surface area contributed by atoms with Crippen molar-refractivity contribution in [2.45, 2.75) is 25.2 Å². The molecule has 0 radical (unpaired) electrons. The summed E-state index contributed by atoms with van der Waals surface area (Å²) in [5, 5.41) is 2.79. The van der Waals surface area contributed by atoms with Crippen molar-refractivity contribution in [1.82, 2.24) is 0 Å². The summed E-state index contributed by atoms with van der Waals surface area (Å²) in [5.41, 5.74) is 6.45. The highest BCUT2D eigenvalue weighted by atomic mass is 79.9. The number of esters is 1. The van der Waals surface area contributed by atoms with Crippen LogP contribution in [0.15, 0.2) is 95.5 Å². The van der Waals surface area contributed by atoms with Gasteiger partial charge in [-0.15, -0.1) is 0 Å². The van der Waals surface area contributed by atoms with Gasteiger partial charge in [-0.2, -0.15) is 0 Å². The molecule has 0 unspecified atom stereocenters. The number of aryl methyl sites for hydroxylation is 1. The van der Waals surface area contributed by atoms with E-state index in [4.69, 9.17) is 4.74 Å². The summed E-state index contributed by atoms with van der Waals surface area (Å²) in [6, 6.07) is 28.0. The number of nitrogens with zero attached hydrogens (tertiary/aromatic N) is 1. The van der Waals surface area contributed by atoms with Gasteiger partial charge < -0.3 is 10.1 Å². The first-order chi connectivity index (χ1) is 20.9. The highest BCUT2D eigenvalue weighted by molar-refractivity contribution is 9.10. The van der Waals surface area contributed by atoms with Crippen molar-refractivity contribution < 1.29 is 23.9 Å². The topological polar surface area (TPSA) is 92.8 Å². The second-order valence-corrected chi connectivity index (χ2v) is 12.0. The van der Waals surface area contributed by atoms with Crippen LogP contribution in [0.5, 0.6) is 0 Å². The molecule has 1 heterocycles. The lowest BCUT2D eigenvalue weighted by Gasteiger charge is -2.45. The average Bonchev–Trinajstić information content (AvgIpc) is 3.30. The van der Waals surface area contributed by atoms with Gasteiger partial charge in [0.2, 0.25) is 11.8 Å². The summed E-state index contributed by atoms with van der Waals surface area (Å²) in [6.45, 7) is 1.51. The van der Waals surface area contributed by atoms with Crippen molar-refractivity contribution in [3.05, 3.63) is 129 Å². The number of carbonyl (C=O) groups is 4. The maximum atomic E-state index is 14.0. The van der Waals surface area contributed by atoms with Gasteiger partial charge >= 0.3 is 5.97 Å². The fraction of sp³-hybridized carbons (Fsp3) is 0.200. The van der Waals surface area contributed by atoms with Gasteiger partial charge in [0.25, 0.3) is 5.91 Å². The molecule has 4 aromatic rings. The molecule has 2 bridgehead atoms. The van der Waals surface area contributed by atoms with E-state index >= 15 is 0 Å². The summed E-state index contributed by atoms with van der Waals surface area (Å²) >= 11 is 3.43. The molecule has 1 N–H and O–H groups in total. The molecule has 1 saturated heterocycles. The molecule has 0 aromatic heterocycles. The van der Waals surface area contributed by atoms with Crippen molar-refractivity contribution in [3.8, 4) is 0 Å². The lowest BCUT2D eigenvalue weighted by Crippen LogP contribution is -2.41. The molecule has 3 amide bonds. The minimum atomic E-state index is -0.722. The Bertz CT molecular complexity index is 1720. The number of rotatable bonds is 6. The normalized spacial score (nSPS) is 21.2. The number of ether oxygens (including phenoxy) is 1. The van der Waals surface area contributed by atoms with Crippen LogP contribution in [0, 0.1) is 11.8 Å². The van der Waals surface area contributed by atoms with E-state index in [0.717, 1.165) is 38.7 Å². The molecule has 43 heavy (non-hydrogen) atoms. The molecule has 0 spiro atoms. The van der Waals surface area contributed by atoms with Crippen LogP contribution in [-0.4, -0.2) is 30.3 Å². The first-order valence-electron chi connectivity index (χ1n) is 14.3. The molecule has 3 aliphatic carbocycles. The van der Waals surface area contributed by atoms with Crippen LogP contribution in [0.1, 0.15) is 56.9 Å². The van der Waals surface area contributed by atoms with E-state index in [-0.39, 0.29) is 29.2 Å². The minimum absolute atomic E-state index is 0.146. The fourth-order valence-electron chi connectivity index (χ4n) is 7.08. The lowest BCUT2D eigenvalue weighted by atomic mass is 9.55. The van der Waals surface area contributed by atoms with Crippen molar-refractivity contribution in [3.63, 3.8) is 0 Å². The Morgan fingerprint density at radius 1 is 0.791 bits per heavy atom. The van der Waals surface area contributed by atoms with Crippen LogP contribution in [0.2, 0.25) is 0 Å². The molecule has 0 saturated carbocycles. The highest BCUT2D eigenvalue weighted by Crippen LogP contribution is 2.61. The number of hydrogen-bond donors (Lipinski definition) is 1. The number of anilines is 2. The number of carbonyl (C=O) groups excluding carboxylic acids is 4. The predicted octanol–water partition coefficient (Wildman–Crippen LogP) is 6.20. The van der Waals surface area contributed by atoms with Crippen molar-refractivity contribution in [1.29, 1.82) is 0 Å². The summed E-state index contributed by atoms with van der Waals surface area (Å²) in [4.78, 5) is 54.8. The van der Waals surface area contributed by atoms with Gasteiger partial charge in [0.1, 0.15) is 0 Å². The van der Waals surface area contributed by atoms with Crippen LogP contribution < -0.4 is 10.2 Å². The Kier molecular flexibility index (Phi) is 6.73. The zero-order chi connectivity index (χ0) is 29.8. The summed E-state index contributed by atoms with van der Waals surface area (Å²) < 4.78 is 6.21. The van der Waals surface area contributed by atoms with Crippen molar-refractivity contribution >= 4 is 51.0 Å². The zero-order valence-corrected chi connectivity index (χ0v) is 24.8. The maximum absolute atomic E-state index is 14.0. The van der Waals surface area contributed by atoms with Crippen molar-refractivity contribution in [2.75, 3.05) is 16.8 Å². The van der Waals surface area contributed by atoms with Crippen LogP contribution in [0.4, 0.5) is 11.4 Å². The lowest BCUT2D eigenvalue weighted by molar-refractivity contribution is -0.122. The molecule has 1 fully saturated rings. The van der Waals surface area contributed by atoms with E-state index in [2.05, 4.69) is 45.5 Å². The van der Waals surface area contributed by atoms with E-state index in [1.54, 1.807) is 24.3 Å². The maximum Gasteiger partial charge on any atom is 0.338 e. The van der Waals surface area contributed by atoms with Gasteiger partial charge in [-0.25, -0.2) is 9.69 Å². The Morgan fingerprint density at radius 3 is 1.93 bits per heavy atom. The Labute approximate surface area is 257 Å². The first kappa shape index (κ1) is 27.3. The average molecular weight is 636 g/mol. The van der Waals surface area contributed by atoms with Gasteiger partial charge in [0, 0.05) is 22.0 Å².